The van der Waals surface area contributed by atoms with Crippen LogP contribution >= 0.6 is 22.9 Å². The van der Waals surface area contributed by atoms with E-state index in [1.807, 2.05) is 53.9 Å². The number of carbonyl (C=O) groups is 1. The molecule has 5 nitrogen and oxygen atoms in total. The zero-order valence-corrected chi connectivity index (χ0v) is 16.4. The van der Waals surface area contributed by atoms with Crippen LogP contribution in [0.5, 0.6) is 0 Å². The molecular weight excluding hydrogens is 368 g/mol. The van der Waals surface area contributed by atoms with Gasteiger partial charge in [0.15, 0.2) is 0 Å². The number of nitrogens with one attached hydrogen (secondary N) is 1. The van der Waals surface area contributed by atoms with Crippen LogP contribution in [0.1, 0.15) is 27.3 Å². The first-order valence-corrected chi connectivity index (χ1v) is 9.92. The third-order valence-electron chi connectivity index (χ3n) is 5.00. The standard InChI is InChI=1S/C19H21ClN4OS/c1-12-15-9-17(18(25)23(2)14-7-8-21-10-14)26-19(15)24(22-12)11-13-5-3-4-6-16(13)20/h3-6,9,14,21H,7-8,10-11H2,1-2H3. The molecule has 2 aromatic heterocycles. The van der Waals surface area contributed by atoms with E-state index in [0.29, 0.717) is 6.54 Å². The summed E-state index contributed by atoms with van der Waals surface area (Å²) >= 11 is 7.81. The van der Waals surface area contributed by atoms with Gasteiger partial charge in [-0.15, -0.1) is 11.3 Å². The van der Waals surface area contributed by atoms with Crippen molar-refractivity contribution in [1.82, 2.24) is 20.0 Å². The van der Waals surface area contributed by atoms with Crippen molar-refractivity contribution in [2.45, 2.75) is 25.9 Å². The molecule has 1 atom stereocenters. The van der Waals surface area contributed by atoms with E-state index in [2.05, 4.69) is 10.4 Å². The van der Waals surface area contributed by atoms with Gasteiger partial charge in [0.05, 0.1) is 17.1 Å². The van der Waals surface area contributed by atoms with Gasteiger partial charge in [-0.05, 0) is 37.6 Å². The Morgan fingerprint density at radius 1 is 1.46 bits per heavy atom. The number of amides is 1. The van der Waals surface area contributed by atoms with E-state index < -0.39 is 0 Å². The molecule has 136 valence electrons. The summed E-state index contributed by atoms with van der Waals surface area (Å²) in [5.74, 6) is 0.0867. The van der Waals surface area contributed by atoms with Crippen molar-refractivity contribution in [1.29, 1.82) is 0 Å². The second-order valence-corrected chi connectivity index (χ2v) is 8.16. The maximum absolute atomic E-state index is 12.9. The Kier molecular flexibility index (Phi) is 4.73. The van der Waals surface area contributed by atoms with E-state index in [-0.39, 0.29) is 11.9 Å². The lowest BCUT2D eigenvalue weighted by Gasteiger charge is -2.22. The maximum atomic E-state index is 12.9. The molecule has 26 heavy (non-hydrogen) atoms. The minimum absolute atomic E-state index is 0.0867. The molecule has 1 saturated heterocycles. The lowest BCUT2D eigenvalue weighted by molar-refractivity contribution is 0.0749. The van der Waals surface area contributed by atoms with E-state index in [1.165, 1.54) is 11.3 Å². The molecule has 0 aliphatic carbocycles. The summed E-state index contributed by atoms with van der Waals surface area (Å²) in [7, 11) is 1.90. The van der Waals surface area contributed by atoms with Crippen LogP contribution in [0.4, 0.5) is 0 Å². The van der Waals surface area contributed by atoms with Crippen molar-refractivity contribution in [3.05, 3.63) is 51.5 Å². The molecule has 0 radical (unpaired) electrons. The van der Waals surface area contributed by atoms with E-state index in [1.54, 1.807) is 0 Å². The molecule has 1 unspecified atom stereocenters. The van der Waals surface area contributed by atoms with Crippen molar-refractivity contribution in [3.63, 3.8) is 0 Å². The first kappa shape index (κ1) is 17.5. The van der Waals surface area contributed by atoms with Gasteiger partial charge in [0.25, 0.3) is 5.91 Å². The molecule has 7 heteroatoms. The molecule has 1 aromatic carbocycles. The fourth-order valence-electron chi connectivity index (χ4n) is 3.42. The van der Waals surface area contributed by atoms with Crippen LogP contribution < -0.4 is 5.32 Å². The molecule has 1 amide bonds. The van der Waals surface area contributed by atoms with Crippen LogP contribution in [0, 0.1) is 6.92 Å². The smallest absolute Gasteiger partial charge is 0.264 e. The van der Waals surface area contributed by atoms with E-state index in [0.717, 1.165) is 50.9 Å². The normalized spacial score (nSPS) is 17.1. The molecule has 1 aliphatic heterocycles. The molecule has 1 aliphatic rings. The number of aryl methyl sites for hydroxylation is 1. The highest BCUT2D eigenvalue weighted by molar-refractivity contribution is 7.20. The number of halogens is 1. The number of fused-ring (bicyclic) bond motifs is 1. The van der Waals surface area contributed by atoms with Crippen LogP contribution in [0.3, 0.4) is 0 Å². The SMILES string of the molecule is Cc1nn(Cc2ccccc2Cl)c2sc(C(=O)N(C)C3CCNC3)cc12. The van der Waals surface area contributed by atoms with E-state index >= 15 is 0 Å². The fraction of sp³-hybridized carbons (Fsp3) is 0.368. The summed E-state index contributed by atoms with van der Waals surface area (Å²) in [4.78, 5) is 16.5. The number of thiophene rings is 1. The number of benzene rings is 1. The number of aromatic nitrogens is 2. The van der Waals surface area contributed by atoms with Crippen molar-refractivity contribution >= 4 is 39.1 Å². The minimum atomic E-state index is 0.0867. The van der Waals surface area contributed by atoms with Gasteiger partial charge in [-0.25, -0.2) is 0 Å². The van der Waals surface area contributed by atoms with Crippen LogP contribution in [0.2, 0.25) is 5.02 Å². The number of hydrogen-bond donors (Lipinski definition) is 1. The zero-order valence-electron chi connectivity index (χ0n) is 14.8. The third kappa shape index (κ3) is 3.13. The van der Waals surface area contributed by atoms with Gasteiger partial charge in [-0.1, -0.05) is 29.8 Å². The van der Waals surface area contributed by atoms with Crippen molar-refractivity contribution in [2.24, 2.45) is 0 Å². The lowest BCUT2D eigenvalue weighted by Crippen LogP contribution is -2.37. The average molecular weight is 389 g/mol. The summed E-state index contributed by atoms with van der Waals surface area (Å²) in [6.45, 7) is 4.42. The highest BCUT2D eigenvalue weighted by Gasteiger charge is 2.26. The van der Waals surface area contributed by atoms with Crippen LogP contribution in [0.15, 0.2) is 30.3 Å². The number of likely N-dealkylation sites (N-methyl/N-ethyl adjacent to an activating group) is 1. The second kappa shape index (κ2) is 7.02. The van der Waals surface area contributed by atoms with Crippen molar-refractivity contribution in [3.8, 4) is 0 Å². The molecule has 1 N–H and O–H groups in total. The molecule has 4 rings (SSSR count). The minimum Gasteiger partial charge on any atom is -0.337 e. The number of rotatable bonds is 4. The quantitative estimate of drug-likeness (QED) is 0.743. The zero-order chi connectivity index (χ0) is 18.3. The van der Waals surface area contributed by atoms with Gasteiger partial charge >= 0.3 is 0 Å². The summed E-state index contributed by atoms with van der Waals surface area (Å²) in [5.41, 5.74) is 1.96. The van der Waals surface area contributed by atoms with Crippen LogP contribution in [-0.2, 0) is 6.54 Å². The first-order valence-electron chi connectivity index (χ1n) is 8.73. The topological polar surface area (TPSA) is 50.2 Å². The Hall–Kier alpha value is -1.89. The summed E-state index contributed by atoms with van der Waals surface area (Å²) in [6, 6.07) is 10.0. The first-order chi connectivity index (χ1) is 12.5. The number of nitrogens with zero attached hydrogens (tertiary/aromatic N) is 3. The average Bonchev–Trinajstić information content (AvgIpc) is 3.35. The highest BCUT2D eigenvalue weighted by atomic mass is 35.5. The van der Waals surface area contributed by atoms with E-state index in [9.17, 15) is 4.79 Å². The predicted octanol–water partition coefficient (Wildman–Crippen LogP) is 3.54. The van der Waals surface area contributed by atoms with Crippen molar-refractivity contribution in [2.75, 3.05) is 20.1 Å². The van der Waals surface area contributed by atoms with Crippen LogP contribution in [-0.4, -0.2) is 46.8 Å². The van der Waals surface area contributed by atoms with Crippen LogP contribution in [0.25, 0.3) is 10.2 Å². The summed E-state index contributed by atoms with van der Waals surface area (Å²) in [6.07, 6.45) is 1.01. The lowest BCUT2D eigenvalue weighted by atomic mass is 10.2. The van der Waals surface area contributed by atoms with Gasteiger partial charge in [-0.3, -0.25) is 9.48 Å². The number of carbonyl (C=O) groups excluding carboxylic acids is 1. The third-order valence-corrected chi connectivity index (χ3v) is 6.50. The van der Waals surface area contributed by atoms with Gasteiger partial charge in [0.1, 0.15) is 4.83 Å². The molecule has 0 saturated carbocycles. The monoisotopic (exact) mass is 388 g/mol. The maximum Gasteiger partial charge on any atom is 0.264 e. The van der Waals surface area contributed by atoms with Gasteiger partial charge in [0.2, 0.25) is 0 Å². The van der Waals surface area contributed by atoms with Gasteiger partial charge in [-0.2, -0.15) is 5.10 Å². The van der Waals surface area contributed by atoms with E-state index in [4.69, 9.17) is 11.6 Å². The largest absolute Gasteiger partial charge is 0.337 e. The second-order valence-electron chi connectivity index (χ2n) is 6.73. The molecule has 3 aromatic rings. The molecule has 1 fully saturated rings. The summed E-state index contributed by atoms with van der Waals surface area (Å²) in [5, 5.41) is 9.73. The van der Waals surface area contributed by atoms with Crippen molar-refractivity contribution < 1.29 is 4.79 Å². The fourth-order valence-corrected chi connectivity index (χ4v) is 4.76. The Labute approximate surface area is 161 Å². The highest BCUT2D eigenvalue weighted by Crippen LogP contribution is 2.30. The van der Waals surface area contributed by atoms with Gasteiger partial charge < -0.3 is 10.2 Å². The predicted molar refractivity (Wildman–Crippen MR) is 106 cm³/mol. The molecule has 3 heterocycles. The Morgan fingerprint density at radius 2 is 2.27 bits per heavy atom. The Bertz CT molecular complexity index is 958. The summed E-state index contributed by atoms with van der Waals surface area (Å²) < 4.78 is 1.95. The number of hydrogen-bond acceptors (Lipinski definition) is 4. The Morgan fingerprint density at radius 3 is 3.00 bits per heavy atom. The molecule has 0 spiro atoms. The molecular formula is C19H21ClN4OS. The van der Waals surface area contributed by atoms with Gasteiger partial charge in [0, 0.05) is 30.0 Å². The molecule has 0 bridgehead atoms. The Balaban J connectivity index is 1.65.